The maximum Gasteiger partial charge on any atom is 0.326 e. The lowest BCUT2D eigenvalue weighted by atomic mass is 10.0. The van der Waals surface area contributed by atoms with Gasteiger partial charge in [0.15, 0.2) is 0 Å². The molecule has 36 heavy (non-hydrogen) atoms. The Morgan fingerprint density at radius 1 is 1.19 bits per heavy atom. The molecule has 2 rings (SSSR count). The second-order valence-corrected chi connectivity index (χ2v) is 10.6. The molecule has 1 aromatic rings. The minimum absolute atomic E-state index is 0.141. The van der Waals surface area contributed by atoms with Crippen LogP contribution in [0.25, 0.3) is 0 Å². The number of carbonyl (C=O) groups is 2. The molecule has 0 aromatic carbocycles. The van der Waals surface area contributed by atoms with E-state index in [0.717, 1.165) is 69.7 Å². The van der Waals surface area contributed by atoms with Crippen molar-refractivity contribution in [2.45, 2.75) is 97.1 Å². The number of rotatable bonds is 17. The smallest absolute Gasteiger partial charge is 0.326 e. The molecule has 1 atom stereocenters. The molecule has 3 N–H and O–H groups in total. The highest BCUT2D eigenvalue weighted by Crippen LogP contribution is 2.20. The van der Waals surface area contributed by atoms with Crippen molar-refractivity contribution in [3.8, 4) is 0 Å². The Kier molecular flexibility index (Phi) is 12.6. The number of unbranched alkanes of at least 4 members (excludes halogenated alkanes) is 1. The molecule has 1 aliphatic rings. The summed E-state index contributed by atoms with van der Waals surface area (Å²) < 4.78 is 5.59. The van der Waals surface area contributed by atoms with Crippen molar-refractivity contribution in [2.24, 2.45) is 5.92 Å². The summed E-state index contributed by atoms with van der Waals surface area (Å²) in [5.74, 6) is -0.236. The zero-order chi connectivity index (χ0) is 26.6. The molecule has 0 saturated heterocycles. The zero-order valence-electron chi connectivity index (χ0n) is 23.1. The van der Waals surface area contributed by atoms with Gasteiger partial charge < -0.3 is 25.4 Å². The minimum atomic E-state index is -0.974. The van der Waals surface area contributed by atoms with Gasteiger partial charge in [-0.05, 0) is 89.8 Å². The number of methoxy groups -OCH3 is 1. The molecule has 8 heteroatoms. The molecular weight excluding hydrogens is 456 g/mol. The Hall–Kier alpha value is -2.19. The Morgan fingerprint density at radius 3 is 2.61 bits per heavy atom. The molecule has 0 bridgehead atoms. The number of fused-ring (bicyclic) bond motifs is 1. The lowest BCUT2D eigenvalue weighted by Gasteiger charge is -2.29. The van der Waals surface area contributed by atoms with Gasteiger partial charge in [-0.15, -0.1) is 0 Å². The molecule has 204 valence electrons. The Morgan fingerprint density at radius 2 is 1.94 bits per heavy atom. The molecule has 1 unspecified atom stereocenters. The van der Waals surface area contributed by atoms with Crippen LogP contribution in [0, 0.1) is 5.92 Å². The summed E-state index contributed by atoms with van der Waals surface area (Å²) >= 11 is 0. The van der Waals surface area contributed by atoms with Crippen molar-refractivity contribution in [3.63, 3.8) is 0 Å². The Bertz CT molecular complexity index is 826. The molecule has 1 aromatic heterocycles. The summed E-state index contributed by atoms with van der Waals surface area (Å²) in [6.07, 6.45) is 7.85. The highest BCUT2D eigenvalue weighted by Gasteiger charge is 2.25. The van der Waals surface area contributed by atoms with Gasteiger partial charge in [0, 0.05) is 38.4 Å². The number of carboxylic acid groups (broad SMARTS) is 1. The van der Waals surface area contributed by atoms with Crippen LogP contribution in [0.5, 0.6) is 0 Å². The molecule has 0 spiro atoms. The predicted octanol–water partition coefficient (Wildman–Crippen LogP) is 4.28. The number of aryl methyl sites for hydroxylation is 2. The largest absolute Gasteiger partial charge is 0.480 e. The number of hydrogen-bond donors (Lipinski definition) is 3. The van der Waals surface area contributed by atoms with Crippen molar-refractivity contribution in [3.05, 3.63) is 23.4 Å². The third-order valence-electron chi connectivity index (χ3n) is 7.40. The number of carbonyl (C=O) groups excluding carboxylic acids is 1. The fourth-order valence-corrected chi connectivity index (χ4v) is 4.53. The zero-order valence-corrected chi connectivity index (χ0v) is 23.1. The minimum Gasteiger partial charge on any atom is -0.480 e. The number of carboxylic acids is 1. The molecule has 0 radical (unpaired) electrons. The lowest BCUT2D eigenvalue weighted by molar-refractivity contribution is -0.142. The van der Waals surface area contributed by atoms with Crippen LogP contribution in [0.1, 0.15) is 83.9 Å². The predicted molar refractivity (Wildman–Crippen MR) is 144 cm³/mol. The molecule has 1 amide bonds. The first kappa shape index (κ1) is 30.0. The van der Waals surface area contributed by atoms with E-state index in [9.17, 15) is 14.7 Å². The van der Waals surface area contributed by atoms with Gasteiger partial charge in [0.25, 0.3) is 0 Å². The number of anilines is 1. The molecular formula is C28H48N4O4. The van der Waals surface area contributed by atoms with Crippen LogP contribution in [-0.2, 0) is 27.2 Å². The van der Waals surface area contributed by atoms with Crippen LogP contribution < -0.4 is 10.6 Å². The third kappa shape index (κ3) is 10.1. The van der Waals surface area contributed by atoms with Crippen molar-refractivity contribution >= 4 is 17.7 Å². The van der Waals surface area contributed by atoms with Gasteiger partial charge in [0.05, 0.1) is 5.60 Å². The molecule has 0 fully saturated rings. The molecule has 2 heterocycles. The van der Waals surface area contributed by atoms with Gasteiger partial charge >= 0.3 is 5.97 Å². The summed E-state index contributed by atoms with van der Waals surface area (Å²) in [5.41, 5.74) is 2.18. The van der Waals surface area contributed by atoms with E-state index < -0.39 is 12.0 Å². The van der Waals surface area contributed by atoms with Crippen LogP contribution in [-0.4, -0.2) is 71.8 Å². The molecule has 8 nitrogen and oxygen atoms in total. The molecule has 0 saturated carbocycles. The maximum absolute atomic E-state index is 12.5. The van der Waals surface area contributed by atoms with Crippen molar-refractivity contribution < 1.29 is 19.4 Å². The number of aromatic nitrogens is 1. The number of ether oxygens (including phenoxy) is 1. The van der Waals surface area contributed by atoms with Crippen LogP contribution in [0.3, 0.4) is 0 Å². The van der Waals surface area contributed by atoms with E-state index in [1.165, 1.54) is 5.56 Å². The van der Waals surface area contributed by atoms with E-state index in [1.54, 1.807) is 7.11 Å². The summed E-state index contributed by atoms with van der Waals surface area (Å²) in [6.45, 7) is 11.3. The topological polar surface area (TPSA) is 104 Å². The van der Waals surface area contributed by atoms with E-state index in [1.807, 2.05) is 13.8 Å². The monoisotopic (exact) mass is 504 g/mol. The number of nitrogens with zero attached hydrogens (tertiary/aromatic N) is 2. The summed E-state index contributed by atoms with van der Waals surface area (Å²) in [4.78, 5) is 31.5. The van der Waals surface area contributed by atoms with Crippen molar-refractivity contribution in [1.82, 2.24) is 15.2 Å². The van der Waals surface area contributed by atoms with Gasteiger partial charge in [-0.25, -0.2) is 9.78 Å². The van der Waals surface area contributed by atoms with Gasteiger partial charge in [-0.3, -0.25) is 4.79 Å². The van der Waals surface area contributed by atoms with Gasteiger partial charge in [0.1, 0.15) is 11.9 Å². The summed E-state index contributed by atoms with van der Waals surface area (Å²) in [6, 6.07) is 3.47. The summed E-state index contributed by atoms with van der Waals surface area (Å²) in [7, 11) is 1.72. The number of amides is 1. The lowest BCUT2D eigenvalue weighted by Crippen LogP contribution is -2.45. The standard InChI is InChI=1S/C28H48N4O4/c1-6-21(7-2)26(33)31-24(27(34)35)15-19-32(20-16-28(3,4)36-5)18-9-8-12-23-14-13-22-11-10-17-29-25(22)30-23/h13-14,21,24H,6-12,15-20H2,1-5H3,(H,29,30)(H,31,33)(H,34,35). The Balaban J connectivity index is 1.90. The number of nitrogens with one attached hydrogen (secondary N) is 2. The van der Waals surface area contributed by atoms with Crippen molar-refractivity contribution in [1.29, 1.82) is 0 Å². The average Bonchev–Trinajstić information content (AvgIpc) is 2.87. The quantitative estimate of drug-likeness (QED) is 0.272. The highest BCUT2D eigenvalue weighted by molar-refractivity contribution is 5.84. The van der Waals surface area contributed by atoms with Crippen molar-refractivity contribution in [2.75, 3.05) is 38.6 Å². The average molecular weight is 505 g/mol. The number of aliphatic carboxylic acids is 1. The van der Waals surface area contributed by atoms with Gasteiger partial charge in [-0.2, -0.15) is 0 Å². The van der Waals surface area contributed by atoms with E-state index >= 15 is 0 Å². The summed E-state index contributed by atoms with van der Waals surface area (Å²) in [5, 5.41) is 15.9. The normalized spacial score (nSPS) is 14.4. The fraction of sp³-hybridized carbons (Fsp3) is 0.750. The van der Waals surface area contributed by atoms with Crippen LogP contribution in [0.15, 0.2) is 12.1 Å². The SMILES string of the molecule is CCC(CC)C(=O)NC(CCN(CCCCc1ccc2c(n1)NCCC2)CCC(C)(C)OC)C(=O)O. The van der Waals surface area contributed by atoms with Crippen LogP contribution in [0.2, 0.25) is 0 Å². The van der Waals surface area contributed by atoms with E-state index in [0.29, 0.717) is 25.8 Å². The first-order valence-corrected chi connectivity index (χ1v) is 13.7. The van der Waals surface area contributed by atoms with Gasteiger partial charge in [0.2, 0.25) is 5.91 Å². The first-order valence-electron chi connectivity index (χ1n) is 13.7. The van der Waals surface area contributed by atoms with Crippen LogP contribution in [0.4, 0.5) is 5.82 Å². The second-order valence-electron chi connectivity index (χ2n) is 10.6. The number of pyridine rings is 1. The van der Waals surface area contributed by atoms with Gasteiger partial charge in [-0.1, -0.05) is 19.9 Å². The van der Waals surface area contributed by atoms with E-state index in [-0.39, 0.29) is 17.4 Å². The fourth-order valence-electron chi connectivity index (χ4n) is 4.53. The Labute approximate surface area is 217 Å². The second kappa shape index (κ2) is 15.2. The van der Waals surface area contributed by atoms with Crippen LogP contribution >= 0.6 is 0 Å². The third-order valence-corrected chi connectivity index (χ3v) is 7.40. The highest BCUT2D eigenvalue weighted by atomic mass is 16.5. The molecule has 1 aliphatic heterocycles. The first-order chi connectivity index (χ1) is 17.2. The molecule has 0 aliphatic carbocycles. The van der Waals surface area contributed by atoms with E-state index in [4.69, 9.17) is 9.72 Å². The van der Waals surface area contributed by atoms with E-state index in [2.05, 4.69) is 41.5 Å². The number of hydrogen-bond acceptors (Lipinski definition) is 6. The maximum atomic E-state index is 12.5.